The Morgan fingerprint density at radius 2 is 2.00 bits per heavy atom. The van der Waals surface area contributed by atoms with Crippen molar-refractivity contribution in [1.82, 2.24) is 5.32 Å². The Labute approximate surface area is 108 Å². The van der Waals surface area contributed by atoms with Gasteiger partial charge in [0.2, 0.25) is 0 Å². The molecule has 1 saturated heterocycles. The minimum atomic E-state index is -0.326. The quantitative estimate of drug-likeness (QED) is 0.837. The van der Waals surface area contributed by atoms with Crippen molar-refractivity contribution < 1.29 is 9.53 Å². The molecule has 1 fully saturated rings. The van der Waals surface area contributed by atoms with E-state index in [9.17, 15) is 4.79 Å². The third-order valence-electron chi connectivity index (χ3n) is 3.12. The van der Waals surface area contributed by atoms with Gasteiger partial charge in [-0.2, -0.15) is 0 Å². The number of carbonyl (C=O) groups excluding carboxylic acids is 1. The molecule has 0 aromatic heterocycles. The number of amides is 1. The highest BCUT2D eigenvalue weighted by atomic mass is 35.5. The van der Waals surface area contributed by atoms with Gasteiger partial charge in [-0.25, -0.2) is 4.79 Å². The minimum Gasteiger partial charge on any atom is -0.449 e. The van der Waals surface area contributed by atoms with Gasteiger partial charge in [0.15, 0.2) is 0 Å². The predicted molar refractivity (Wildman–Crippen MR) is 69.4 cm³/mol. The first-order chi connectivity index (χ1) is 7.50. The molecule has 0 spiro atoms. The third-order valence-corrected chi connectivity index (χ3v) is 3.12. The largest absolute Gasteiger partial charge is 0.449 e. The van der Waals surface area contributed by atoms with E-state index in [1.165, 1.54) is 11.1 Å². The van der Waals surface area contributed by atoms with Crippen LogP contribution in [-0.2, 0) is 4.74 Å². The van der Waals surface area contributed by atoms with Crippen molar-refractivity contribution in [3.8, 4) is 0 Å². The molecule has 1 aromatic carbocycles. The summed E-state index contributed by atoms with van der Waals surface area (Å²) >= 11 is 0. The van der Waals surface area contributed by atoms with Gasteiger partial charge in [0.05, 0.1) is 6.04 Å². The van der Waals surface area contributed by atoms with Crippen LogP contribution in [0.15, 0.2) is 24.3 Å². The van der Waals surface area contributed by atoms with Crippen LogP contribution in [0, 0.1) is 12.3 Å². The summed E-state index contributed by atoms with van der Waals surface area (Å²) in [6.07, 6.45) is -0.326. The molecule has 0 bridgehead atoms. The van der Waals surface area contributed by atoms with Crippen LogP contribution in [0.2, 0.25) is 0 Å². The molecule has 1 aromatic rings. The summed E-state index contributed by atoms with van der Waals surface area (Å²) in [5.41, 5.74) is 2.28. The molecular weight excluding hydrogens is 238 g/mol. The van der Waals surface area contributed by atoms with Gasteiger partial charge in [0.25, 0.3) is 0 Å². The van der Waals surface area contributed by atoms with E-state index in [1.54, 1.807) is 0 Å². The van der Waals surface area contributed by atoms with Crippen LogP contribution < -0.4 is 5.32 Å². The first-order valence-corrected chi connectivity index (χ1v) is 5.49. The van der Waals surface area contributed by atoms with Gasteiger partial charge in [0.1, 0.15) is 6.61 Å². The second kappa shape index (κ2) is 4.96. The van der Waals surface area contributed by atoms with Crippen molar-refractivity contribution in [2.75, 3.05) is 6.61 Å². The van der Waals surface area contributed by atoms with Crippen molar-refractivity contribution in [2.45, 2.75) is 26.8 Å². The van der Waals surface area contributed by atoms with E-state index in [0.717, 1.165) is 0 Å². The van der Waals surface area contributed by atoms with Gasteiger partial charge in [-0.1, -0.05) is 38.1 Å². The van der Waals surface area contributed by atoms with Crippen molar-refractivity contribution in [3.63, 3.8) is 0 Å². The van der Waals surface area contributed by atoms with Crippen LogP contribution in [0.3, 0.4) is 0 Å². The van der Waals surface area contributed by atoms with Crippen LogP contribution in [0.1, 0.15) is 31.0 Å². The molecule has 0 radical (unpaired) electrons. The SMILES string of the molecule is Cc1ccccc1[C@H]1NC(=O)OCC1(C)C.Cl. The Hall–Kier alpha value is -1.22. The molecular formula is C13H18ClNO2. The first-order valence-electron chi connectivity index (χ1n) is 5.49. The molecule has 0 saturated carbocycles. The Bertz CT molecular complexity index is 418. The second-order valence-corrected chi connectivity index (χ2v) is 5.00. The smallest absolute Gasteiger partial charge is 0.407 e. The lowest BCUT2D eigenvalue weighted by molar-refractivity contribution is 0.0386. The average Bonchev–Trinajstić information content (AvgIpc) is 2.23. The molecule has 2 rings (SSSR count). The fourth-order valence-corrected chi connectivity index (χ4v) is 2.10. The van der Waals surface area contributed by atoms with Crippen LogP contribution in [0.5, 0.6) is 0 Å². The summed E-state index contributed by atoms with van der Waals surface area (Å²) in [7, 11) is 0. The normalized spacial score (nSPS) is 22.1. The van der Waals surface area contributed by atoms with Gasteiger partial charge in [-0.05, 0) is 18.1 Å². The van der Waals surface area contributed by atoms with E-state index in [-0.39, 0.29) is 30.0 Å². The lowest BCUT2D eigenvalue weighted by atomic mass is 9.79. The number of alkyl carbamates (subject to hydrolysis) is 1. The number of cyclic esters (lactones) is 1. The monoisotopic (exact) mass is 255 g/mol. The topological polar surface area (TPSA) is 38.3 Å². The molecule has 0 unspecified atom stereocenters. The number of benzene rings is 1. The maximum absolute atomic E-state index is 11.3. The van der Waals surface area contributed by atoms with E-state index in [1.807, 2.05) is 12.1 Å². The second-order valence-electron chi connectivity index (χ2n) is 5.00. The molecule has 17 heavy (non-hydrogen) atoms. The highest BCUT2D eigenvalue weighted by Crippen LogP contribution is 2.37. The fourth-order valence-electron chi connectivity index (χ4n) is 2.10. The van der Waals surface area contributed by atoms with Gasteiger partial charge < -0.3 is 10.1 Å². The summed E-state index contributed by atoms with van der Waals surface area (Å²) in [4.78, 5) is 11.3. The number of carbonyl (C=O) groups is 1. The van der Waals surface area contributed by atoms with Gasteiger partial charge in [-0.3, -0.25) is 0 Å². The lowest BCUT2D eigenvalue weighted by Gasteiger charge is -2.39. The van der Waals surface area contributed by atoms with Gasteiger partial charge in [-0.15, -0.1) is 12.4 Å². The Kier molecular flexibility index (Phi) is 4.04. The zero-order chi connectivity index (χ0) is 11.8. The molecule has 4 heteroatoms. The molecule has 3 nitrogen and oxygen atoms in total. The van der Waals surface area contributed by atoms with Gasteiger partial charge in [0, 0.05) is 5.41 Å². The summed E-state index contributed by atoms with van der Waals surface area (Å²) in [5.74, 6) is 0. The zero-order valence-electron chi connectivity index (χ0n) is 10.3. The average molecular weight is 256 g/mol. The Morgan fingerprint density at radius 1 is 1.35 bits per heavy atom. The molecule has 94 valence electrons. The lowest BCUT2D eigenvalue weighted by Crippen LogP contribution is -2.47. The number of aryl methyl sites for hydroxylation is 1. The van der Waals surface area contributed by atoms with E-state index in [0.29, 0.717) is 6.61 Å². The molecule has 1 aliphatic heterocycles. The fraction of sp³-hybridized carbons (Fsp3) is 0.462. The molecule has 1 heterocycles. The van der Waals surface area contributed by atoms with E-state index in [4.69, 9.17) is 4.74 Å². The van der Waals surface area contributed by atoms with Crippen molar-refractivity contribution >= 4 is 18.5 Å². The minimum absolute atomic E-state index is 0. The molecule has 1 atom stereocenters. The van der Waals surface area contributed by atoms with Crippen LogP contribution >= 0.6 is 12.4 Å². The standard InChI is InChI=1S/C13H17NO2.ClH/c1-9-6-4-5-7-10(9)11-13(2,3)8-16-12(15)14-11;/h4-7,11H,8H2,1-3H3,(H,14,15);1H/t11-;/m1./s1. The zero-order valence-corrected chi connectivity index (χ0v) is 11.1. The Morgan fingerprint density at radius 3 is 2.65 bits per heavy atom. The van der Waals surface area contributed by atoms with Crippen molar-refractivity contribution in [3.05, 3.63) is 35.4 Å². The first kappa shape index (κ1) is 13.8. The highest BCUT2D eigenvalue weighted by molar-refractivity contribution is 5.85. The predicted octanol–water partition coefficient (Wildman–Crippen LogP) is 3.22. The van der Waals surface area contributed by atoms with E-state index in [2.05, 4.69) is 38.2 Å². The summed E-state index contributed by atoms with van der Waals surface area (Å²) in [6.45, 7) is 6.72. The number of ether oxygens (including phenoxy) is 1. The number of hydrogen-bond donors (Lipinski definition) is 1. The molecule has 1 amide bonds. The van der Waals surface area contributed by atoms with E-state index >= 15 is 0 Å². The van der Waals surface area contributed by atoms with Crippen molar-refractivity contribution in [1.29, 1.82) is 0 Å². The van der Waals surface area contributed by atoms with Crippen LogP contribution in [-0.4, -0.2) is 12.7 Å². The summed E-state index contributed by atoms with van der Waals surface area (Å²) in [5, 5.41) is 2.90. The molecule has 1 N–H and O–H groups in total. The summed E-state index contributed by atoms with van der Waals surface area (Å²) in [6, 6.07) is 8.16. The maximum Gasteiger partial charge on any atom is 0.407 e. The third kappa shape index (κ3) is 2.72. The Balaban J connectivity index is 0.00000144. The highest BCUT2D eigenvalue weighted by Gasteiger charge is 2.38. The summed E-state index contributed by atoms with van der Waals surface area (Å²) < 4.78 is 5.03. The molecule has 1 aliphatic rings. The number of halogens is 1. The number of nitrogens with one attached hydrogen (secondary N) is 1. The van der Waals surface area contributed by atoms with Crippen LogP contribution in [0.4, 0.5) is 4.79 Å². The molecule has 0 aliphatic carbocycles. The van der Waals surface area contributed by atoms with E-state index < -0.39 is 0 Å². The number of hydrogen-bond acceptors (Lipinski definition) is 2. The maximum atomic E-state index is 11.3. The van der Waals surface area contributed by atoms with Gasteiger partial charge >= 0.3 is 6.09 Å². The van der Waals surface area contributed by atoms with Crippen molar-refractivity contribution in [2.24, 2.45) is 5.41 Å². The number of rotatable bonds is 1. The van der Waals surface area contributed by atoms with Crippen LogP contribution in [0.25, 0.3) is 0 Å².